The lowest BCUT2D eigenvalue weighted by molar-refractivity contribution is -0.386. The molecule has 1 aliphatic rings. The number of furan rings is 1. The topological polar surface area (TPSA) is 184 Å². The smallest absolute Gasteiger partial charge is 0.373 e. The zero-order chi connectivity index (χ0) is 27.4. The van der Waals surface area contributed by atoms with Gasteiger partial charge in [-0.1, -0.05) is 6.07 Å². The van der Waals surface area contributed by atoms with E-state index in [-0.39, 0.29) is 53.1 Å². The van der Waals surface area contributed by atoms with Gasteiger partial charge >= 0.3 is 17.7 Å². The minimum absolute atomic E-state index is 0.0573. The number of ether oxygens (including phenoxy) is 2. The lowest BCUT2D eigenvalue weighted by atomic mass is 10.1. The molecular weight excluding hydrogens is 504 g/mol. The summed E-state index contributed by atoms with van der Waals surface area (Å²) >= 11 is 0. The summed E-state index contributed by atoms with van der Waals surface area (Å²) < 4.78 is 15.4. The number of nitro benzene ring substituents is 2. The molecule has 0 atom stereocenters. The summed E-state index contributed by atoms with van der Waals surface area (Å²) in [5.74, 6) is -1.39. The Hall–Kier alpha value is -5.53. The molecule has 0 bridgehead atoms. The van der Waals surface area contributed by atoms with Crippen LogP contribution in [0.1, 0.15) is 27.4 Å². The molecule has 3 aromatic rings. The first-order chi connectivity index (χ1) is 18.2. The van der Waals surface area contributed by atoms with Crippen LogP contribution in [-0.4, -0.2) is 39.8 Å². The van der Waals surface area contributed by atoms with E-state index in [4.69, 9.17) is 9.15 Å². The molecule has 194 valence electrons. The molecule has 3 amide bonds. The summed E-state index contributed by atoms with van der Waals surface area (Å²) in [6.45, 7) is -0.332. The Morgan fingerprint density at radius 2 is 1.79 bits per heavy atom. The van der Waals surface area contributed by atoms with Crippen molar-refractivity contribution in [1.82, 2.24) is 10.2 Å². The molecule has 2 heterocycles. The third kappa shape index (κ3) is 5.48. The maximum atomic E-state index is 12.8. The molecule has 14 heteroatoms. The van der Waals surface area contributed by atoms with Gasteiger partial charge in [0, 0.05) is 18.2 Å². The van der Waals surface area contributed by atoms with Crippen molar-refractivity contribution in [3.63, 3.8) is 0 Å². The monoisotopic (exact) mass is 522 g/mol. The quantitative estimate of drug-likeness (QED) is 0.143. The number of methoxy groups -OCH3 is 1. The van der Waals surface area contributed by atoms with Crippen molar-refractivity contribution in [2.75, 3.05) is 7.11 Å². The zero-order valence-corrected chi connectivity index (χ0v) is 19.6. The number of carbonyl (C=O) groups is 3. The number of esters is 1. The van der Waals surface area contributed by atoms with Gasteiger partial charge in [0.25, 0.3) is 11.6 Å². The number of rotatable bonds is 9. The number of imide groups is 1. The number of nitrogens with zero attached hydrogens (tertiary/aromatic N) is 3. The van der Waals surface area contributed by atoms with E-state index in [2.05, 4.69) is 10.1 Å². The predicted octanol–water partition coefficient (Wildman–Crippen LogP) is 3.55. The van der Waals surface area contributed by atoms with Crippen LogP contribution in [0.5, 0.6) is 5.75 Å². The summed E-state index contributed by atoms with van der Waals surface area (Å²) in [5.41, 5.74) is 0.199. The Kier molecular flexibility index (Phi) is 7.14. The lowest BCUT2D eigenvalue weighted by Crippen LogP contribution is -2.30. The van der Waals surface area contributed by atoms with Gasteiger partial charge in [-0.25, -0.2) is 9.59 Å². The van der Waals surface area contributed by atoms with Crippen molar-refractivity contribution < 1.29 is 38.1 Å². The fourth-order valence-electron chi connectivity index (χ4n) is 3.47. The first kappa shape index (κ1) is 25.6. The number of amides is 3. The number of carbonyl (C=O) groups excluding carboxylic acids is 3. The maximum absolute atomic E-state index is 12.8. The van der Waals surface area contributed by atoms with Gasteiger partial charge < -0.3 is 19.2 Å². The van der Waals surface area contributed by atoms with E-state index in [0.29, 0.717) is 5.56 Å². The maximum Gasteiger partial charge on any atom is 0.373 e. The first-order valence-electron chi connectivity index (χ1n) is 10.8. The highest BCUT2D eigenvalue weighted by Crippen LogP contribution is 2.30. The largest absolute Gasteiger partial charge is 0.482 e. The Balaban J connectivity index is 1.48. The molecular formula is C24H18N4O10. The van der Waals surface area contributed by atoms with Crippen LogP contribution in [0.15, 0.2) is 64.7 Å². The summed E-state index contributed by atoms with van der Waals surface area (Å²) in [7, 11) is 1.18. The minimum atomic E-state index is -0.741. The van der Waals surface area contributed by atoms with E-state index in [0.717, 1.165) is 4.90 Å². The van der Waals surface area contributed by atoms with Crippen molar-refractivity contribution >= 4 is 35.4 Å². The first-order valence-corrected chi connectivity index (χ1v) is 10.8. The van der Waals surface area contributed by atoms with Gasteiger partial charge in [-0.3, -0.25) is 29.9 Å². The van der Waals surface area contributed by atoms with E-state index in [1.54, 1.807) is 0 Å². The SMILES string of the molecule is COC(=O)c1ccc(CN2C(=O)N/C(=C\c3ccc(OCc4ccc([N+](=O)[O-])cc4)c([N+](=O)[O-])c3)C2=O)o1. The summed E-state index contributed by atoms with van der Waals surface area (Å²) in [5, 5.41) is 24.8. The molecule has 1 fully saturated rings. The number of non-ortho nitro benzene ring substituents is 1. The fraction of sp³-hybridized carbons (Fsp3) is 0.125. The average molecular weight is 522 g/mol. The summed E-state index contributed by atoms with van der Waals surface area (Å²) in [4.78, 5) is 58.7. The lowest BCUT2D eigenvalue weighted by Gasteiger charge is -2.09. The Morgan fingerprint density at radius 1 is 1.05 bits per heavy atom. The minimum Gasteiger partial charge on any atom is -0.482 e. The van der Waals surface area contributed by atoms with Crippen LogP contribution < -0.4 is 10.1 Å². The third-order valence-corrected chi connectivity index (χ3v) is 5.36. The number of hydrogen-bond donors (Lipinski definition) is 1. The molecule has 2 aromatic carbocycles. The molecule has 1 aromatic heterocycles. The number of nitro groups is 2. The number of nitrogens with one attached hydrogen (secondary N) is 1. The molecule has 1 aliphatic heterocycles. The molecule has 1 saturated heterocycles. The third-order valence-electron chi connectivity index (χ3n) is 5.36. The molecule has 38 heavy (non-hydrogen) atoms. The standard InChI is InChI=1S/C24H18N4O10/c1-36-23(30)21-9-7-17(38-21)12-26-22(29)18(25-24(26)31)10-15-4-8-20(19(11-15)28(34)35)37-13-14-2-5-16(6-3-14)27(32)33/h2-11H,12-13H2,1H3,(H,25,31)/b18-10-. The van der Waals surface area contributed by atoms with Crippen LogP contribution in [-0.2, 0) is 22.7 Å². The van der Waals surface area contributed by atoms with Gasteiger partial charge in [0.1, 0.15) is 18.1 Å². The highest BCUT2D eigenvalue weighted by atomic mass is 16.6. The van der Waals surface area contributed by atoms with Crippen LogP contribution in [0.4, 0.5) is 16.2 Å². The molecule has 0 radical (unpaired) electrons. The molecule has 14 nitrogen and oxygen atoms in total. The molecule has 0 aliphatic carbocycles. The van der Waals surface area contributed by atoms with E-state index < -0.39 is 27.8 Å². The van der Waals surface area contributed by atoms with Crippen molar-refractivity contribution in [3.8, 4) is 5.75 Å². The second-order valence-corrected chi connectivity index (χ2v) is 7.83. The van der Waals surface area contributed by atoms with Gasteiger partial charge in [0.15, 0.2) is 5.75 Å². The highest BCUT2D eigenvalue weighted by Gasteiger charge is 2.34. The average Bonchev–Trinajstić information content (AvgIpc) is 3.48. The molecule has 4 rings (SSSR count). The van der Waals surface area contributed by atoms with E-state index in [1.807, 2.05) is 0 Å². The predicted molar refractivity (Wildman–Crippen MR) is 128 cm³/mol. The summed E-state index contributed by atoms with van der Waals surface area (Å²) in [6, 6.07) is 11.5. The van der Waals surface area contributed by atoms with Crippen LogP contribution in [0, 0.1) is 20.2 Å². The fourth-order valence-corrected chi connectivity index (χ4v) is 3.47. The van der Waals surface area contributed by atoms with Crippen molar-refractivity contribution in [1.29, 1.82) is 0 Å². The number of urea groups is 1. The van der Waals surface area contributed by atoms with Gasteiger partial charge in [0.2, 0.25) is 5.76 Å². The van der Waals surface area contributed by atoms with E-state index >= 15 is 0 Å². The normalized spacial score (nSPS) is 13.9. The summed E-state index contributed by atoms with van der Waals surface area (Å²) in [6.07, 6.45) is 1.27. The molecule has 1 N–H and O–H groups in total. The van der Waals surface area contributed by atoms with Crippen molar-refractivity contribution in [3.05, 3.63) is 103 Å². The van der Waals surface area contributed by atoms with Crippen molar-refractivity contribution in [2.24, 2.45) is 0 Å². The van der Waals surface area contributed by atoms with Gasteiger partial charge in [-0.15, -0.1) is 0 Å². The van der Waals surface area contributed by atoms with E-state index in [1.165, 1.54) is 67.8 Å². The van der Waals surface area contributed by atoms with Crippen LogP contribution in [0.2, 0.25) is 0 Å². The Morgan fingerprint density at radius 3 is 2.45 bits per heavy atom. The van der Waals surface area contributed by atoms with Gasteiger partial charge in [-0.05, 0) is 47.5 Å². The number of benzene rings is 2. The number of hydrogen-bond acceptors (Lipinski definition) is 10. The molecule has 0 unspecified atom stereocenters. The highest BCUT2D eigenvalue weighted by molar-refractivity contribution is 6.13. The van der Waals surface area contributed by atoms with Crippen LogP contribution >= 0.6 is 0 Å². The van der Waals surface area contributed by atoms with E-state index in [9.17, 15) is 34.6 Å². The van der Waals surface area contributed by atoms with Gasteiger partial charge in [0.05, 0.1) is 23.5 Å². The zero-order valence-electron chi connectivity index (χ0n) is 19.6. The molecule has 0 saturated carbocycles. The second-order valence-electron chi connectivity index (χ2n) is 7.83. The Labute approximate surface area is 213 Å². The second kappa shape index (κ2) is 10.6. The molecule has 0 spiro atoms. The van der Waals surface area contributed by atoms with Crippen LogP contribution in [0.3, 0.4) is 0 Å². The Bertz CT molecular complexity index is 1480. The van der Waals surface area contributed by atoms with Crippen LogP contribution in [0.25, 0.3) is 6.08 Å². The van der Waals surface area contributed by atoms with Crippen molar-refractivity contribution in [2.45, 2.75) is 13.2 Å². The van der Waals surface area contributed by atoms with Gasteiger partial charge in [-0.2, -0.15) is 0 Å².